The van der Waals surface area contributed by atoms with Crippen LogP contribution in [0.1, 0.15) is 44.0 Å². The van der Waals surface area contributed by atoms with Crippen molar-refractivity contribution in [3.05, 3.63) is 72.1 Å². The number of para-hydroxylation sites is 1. The lowest BCUT2D eigenvalue weighted by molar-refractivity contribution is -0.118. The lowest BCUT2D eigenvalue weighted by atomic mass is 10.1. The molecule has 0 spiro atoms. The van der Waals surface area contributed by atoms with Gasteiger partial charge in [-0.15, -0.1) is 10.2 Å². The number of rotatable bonds is 11. The van der Waals surface area contributed by atoms with Crippen LogP contribution in [0.5, 0.6) is 0 Å². The van der Waals surface area contributed by atoms with Crippen LogP contribution in [0.3, 0.4) is 0 Å². The second-order valence-corrected chi connectivity index (χ2v) is 7.87. The van der Waals surface area contributed by atoms with Crippen molar-refractivity contribution in [2.24, 2.45) is 0 Å². The lowest BCUT2D eigenvalue weighted by Crippen LogP contribution is -2.26. The molecule has 0 fully saturated rings. The Labute approximate surface area is 176 Å². The van der Waals surface area contributed by atoms with E-state index in [1.165, 1.54) is 30.2 Å². The number of carbonyl (C=O) groups excluding carboxylic acids is 1. The molecule has 6 heteroatoms. The third-order valence-corrected chi connectivity index (χ3v) is 5.53. The Morgan fingerprint density at radius 2 is 1.69 bits per heavy atom. The van der Waals surface area contributed by atoms with Gasteiger partial charge in [0, 0.05) is 18.7 Å². The first-order chi connectivity index (χ1) is 14.3. The van der Waals surface area contributed by atoms with E-state index < -0.39 is 0 Å². The molecule has 0 aliphatic heterocycles. The molecule has 0 bridgehead atoms. The molecule has 0 radical (unpaired) electrons. The van der Waals surface area contributed by atoms with Crippen molar-refractivity contribution in [3.8, 4) is 5.69 Å². The zero-order valence-corrected chi connectivity index (χ0v) is 17.7. The van der Waals surface area contributed by atoms with Crippen LogP contribution in [0.15, 0.2) is 65.8 Å². The highest BCUT2D eigenvalue weighted by atomic mass is 32.2. The third-order valence-electron chi connectivity index (χ3n) is 4.60. The number of amides is 1. The predicted octanol–water partition coefficient (Wildman–Crippen LogP) is 4.65. The van der Waals surface area contributed by atoms with Gasteiger partial charge < -0.3 is 5.32 Å². The number of aromatic nitrogens is 3. The van der Waals surface area contributed by atoms with Crippen molar-refractivity contribution >= 4 is 17.7 Å². The summed E-state index contributed by atoms with van der Waals surface area (Å²) >= 11 is 1.43. The molecular formula is C23H28N4OS. The van der Waals surface area contributed by atoms with E-state index >= 15 is 0 Å². The molecule has 3 rings (SSSR count). The van der Waals surface area contributed by atoms with Crippen molar-refractivity contribution < 1.29 is 4.79 Å². The highest BCUT2D eigenvalue weighted by molar-refractivity contribution is 7.99. The summed E-state index contributed by atoms with van der Waals surface area (Å²) in [6.45, 7) is 2.92. The van der Waals surface area contributed by atoms with Crippen LogP contribution >= 0.6 is 11.8 Å². The van der Waals surface area contributed by atoms with E-state index in [1.54, 1.807) is 0 Å². The topological polar surface area (TPSA) is 59.8 Å². The molecule has 1 amide bonds. The van der Waals surface area contributed by atoms with Gasteiger partial charge in [0.15, 0.2) is 5.16 Å². The summed E-state index contributed by atoms with van der Waals surface area (Å²) in [7, 11) is 0. The van der Waals surface area contributed by atoms with Crippen molar-refractivity contribution in [3.63, 3.8) is 0 Å². The number of hydrogen-bond donors (Lipinski definition) is 1. The maximum Gasteiger partial charge on any atom is 0.230 e. The molecule has 5 nitrogen and oxygen atoms in total. The molecule has 1 aromatic heterocycles. The maximum atomic E-state index is 12.2. The first-order valence-corrected chi connectivity index (χ1v) is 11.2. The van der Waals surface area contributed by atoms with Gasteiger partial charge in [0.05, 0.1) is 5.75 Å². The minimum absolute atomic E-state index is 0.0405. The van der Waals surface area contributed by atoms with Gasteiger partial charge in [-0.1, -0.05) is 86.5 Å². The quantitative estimate of drug-likeness (QED) is 0.371. The molecule has 2 aromatic carbocycles. The Morgan fingerprint density at radius 3 is 2.41 bits per heavy atom. The third kappa shape index (κ3) is 6.46. The SMILES string of the molecule is CCCCCCNC(=O)CSc1nnc(Cc2ccccc2)n1-c1ccccc1. The first kappa shape index (κ1) is 21.1. The van der Waals surface area contributed by atoms with Crippen molar-refractivity contribution in [1.82, 2.24) is 20.1 Å². The summed E-state index contributed by atoms with van der Waals surface area (Å²) in [5.74, 6) is 1.24. The van der Waals surface area contributed by atoms with E-state index in [2.05, 4.69) is 34.6 Å². The number of benzene rings is 2. The van der Waals surface area contributed by atoms with Gasteiger partial charge in [-0.2, -0.15) is 0 Å². The lowest BCUT2D eigenvalue weighted by Gasteiger charge is -2.10. The average molecular weight is 409 g/mol. The van der Waals surface area contributed by atoms with E-state index in [-0.39, 0.29) is 5.91 Å². The molecule has 152 valence electrons. The molecule has 0 saturated carbocycles. The van der Waals surface area contributed by atoms with E-state index in [0.717, 1.165) is 36.1 Å². The molecule has 0 saturated heterocycles. The molecule has 0 aliphatic carbocycles. The van der Waals surface area contributed by atoms with Crippen LogP contribution in [0.2, 0.25) is 0 Å². The Balaban J connectivity index is 1.67. The van der Waals surface area contributed by atoms with E-state index in [1.807, 2.05) is 53.1 Å². The summed E-state index contributed by atoms with van der Waals surface area (Å²) in [6.07, 6.45) is 5.30. The fourth-order valence-corrected chi connectivity index (χ4v) is 3.88. The number of unbranched alkanes of at least 4 members (excludes halogenated alkanes) is 3. The fourth-order valence-electron chi connectivity index (χ4n) is 3.08. The van der Waals surface area contributed by atoms with Gasteiger partial charge in [0.25, 0.3) is 0 Å². The average Bonchev–Trinajstić information content (AvgIpc) is 3.16. The normalized spacial score (nSPS) is 10.8. The Morgan fingerprint density at radius 1 is 0.966 bits per heavy atom. The van der Waals surface area contributed by atoms with E-state index in [9.17, 15) is 4.79 Å². The molecule has 1 N–H and O–H groups in total. The number of hydrogen-bond acceptors (Lipinski definition) is 4. The smallest absolute Gasteiger partial charge is 0.230 e. The number of nitrogens with one attached hydrogen (secondary N) is 1. The Kier molecular flexibility index (Phi) is 8.31. The van der Waals surface area contributed by atoms with Crippen LogP contribution in [-0.4, -0.2) is 33.0 Å². The summed E-state index contributed by atoms with van der Waals surface area (Å²) < 4.78 is 2.05. The van der Waals surface area contributed by atoms with Gasteiger partial charge in [-0.05, 0) is 24.1 Å². The molecule has 0 unspecified atom stereocenters. The van der Waals surface area contributed by atoms with Crippen LogP contribution < -0.4 is 5.32 Å². The van der Waals surface area contributed by atoms with Gasteiger partial charge in [0.2, 0.25) is 5.91 Å². The summed E-state index contributed by atoms with van der Waals surface area (Å²) in [4.78, 5) is 12.2. The largest absolute Gasteiger partial charge is 0.355 e. The van der Waals surface area contributed by atoms with Gasteiger partial charge >= 0.3 is 0 Å². The zero-order chi connectivity index (χ0) is 20.3. The molecular weight excluding hydrogens is 380 g/mol. The highest BCUT2D eigenvalue weighted by Crippen LogP contribution is 2.23. The molecule has 3 aromatic rings. The van der Waals surface area contributed by atoms with Crippen molar-refractivity contribution in [2.75, 3.05) is 12.3 Å². The molecule has 0 aliphatic rings. The van der Waals surface area contributed by atoms with Gasteiger partial charge in [-0.25, -0.2) is 0 Å². The minimum atomic E-state index is 0.0405. The monoisotopic (exact) mass is 408 g/mol. The molecule has 0 atom stereocenters. The summed E-state index contributed by atoms with van der Waals surface area (Å²) in [6, 6.07) is 20.3. The van der Waals surface area contributed by atoms with Crippen molar-refractivity contribution in [2.45, 2.75) is 44.2 Å². The first-order valence-electron chi connectivity index (χ1n) is 10.2. The number of nitrogens with zero attached hydrogens (tertiary/aromatic N) is 3. The van der Waals surface area contributed by atoms with E-state index in [4.69, 9.17) is 0 Å². The molecule has 29 heavy (non-hydrogen) atoms. The minimum Gasteiger partial charge on any atom is -0.355 e. The Bertz CT molecular complexity index is 880. The fraction of sp³-hybridized carbons (Fsp3) is 0.348. The van der Waals surface area contributed by atoms with Crippen molar-refractivity contribution in [1.29, 1.82) is 0 Å². The second kappa shape index (κ2) is 11.4. The maximum absolute atomic E-state index is 12.2. The standard InChI is InChI=1S/C23H28N4OS/c1-2-3-4-11-16-24-22(28)18-29-23-26-25-21(17-19-12-7-5-8-13-19)27(23)20-14-9-6-10-15-20/h5-10,12-15H,2-4,11,16-18H2,1H3,(H,24,28). The summed E-state index contributed by atoms with van der Waals surface area (Å²) in [5, 5.41) is 12.5. The predicted molar refractivity (Wildman–Crippen MR) is 118 cm³/mol. The number of thioether (sulfide) groups is 1. The van der Waals surface area contributed by atoms with Crippen LogP contribution in [0.25, 0.3) is 5.69 Å². The number of carbonyl (C=O) groups is 1. The van der Waals surface area contributed by atoms with Crippen LogP contribution in [0.4, 0.5) is 0 Å². The summed E-state index contributed by atoms with van der Waals surface area (Å²) in [5.41, 5.74) is 2.18. The second-order valence-electron chi connectivity index (χ2n) is 6.93. The van der Waals surface area contributed by atoms with E-state index in [0.29, 0.717) is 12.2 Å². The van der Waals surface area contributed by atoms with Gasteiger partial charge in [-0.3, -0.25) is 9.36 Å². The zero-order valence-electron chi connectivity index (χ0n) is 16.9. The highest BCUT2D eigenvalue weighted by Gasteiger charge is 2.16. The molecule has 1 heterocycles. The van der Waals surface area contributed by atoms with Crippen LogP contribution in [0, 0.1) is 0 Å². The van der Waals surface area contributed by atoms with Gasteiger partial charge in [0.1, 0.15) is 5.82 Å². The van der Waals surface area contributed by atoms with Crippen LogP contribution in [-0.2, 0) is 11.2 Å². The Hall–Kier alpha value is -2.60.